The van der Waals surface area contributed by atoms with Crippen LogP contribution in [0.4, 0.5) is 11.4 Å². The van der Waals surface area contributed by atoms with Crippen LogP contribution in [0.15, 0.2) is 99.4 Å². The Morgan fingerprint density at radius 3 is 2.36 bits per heavy atom. The Bertz CT molecular complexity index is 1340. The molecule has 4 aromatic rings. The third-order valence-corrected chi connectivity index (χ3v) is 8.71. The van der Waals surface area contributed by atoms with Crippen LogP contribution in [0.5, 0.6) is 0 Å². The van der Waals surface area contributed by atoms with E-state index in [4.69, 9.17) is 0 Å². The summed E-state index contributed by atoms with van der Waals surface area (Å²) in [4.78, 5) is 13.9. The molecular weight excluding hydrogens is 472 g/mol. The second kappa shape index (κ2) is 10.2. The van der Waals surface area contributed by atoms with Gasteiger partial charge in [0.05, 0.1) is 0 Å². The van der Waals surface area contributed by atoms with E-state index >= 15 is 0 Å². The van der Waals surface area contributed by atoms with Gasteiger partial charge in [-0.25, -0.2) is 8.42 Å². The van der Waals surface area contributed by atoms with Crippen molar-refractivity contribution in [3.8, 4) is 0 Å². The minimum absolute atomic E-state index is 0.241. The lowest BCUT2D eigenvalue weighted by molar-refractivity contribution is 0.102. The number of amides is 1. The molecule has 2 N–H and O–H groups in total. The Labute approximate surface area is 201 Å². The first-order chi connectivity index (χ1) is 15.9. The first-order valence-corrected chi connectivity index (χ1v) is 13.5. The Morgan fingerprint density at radius 2 is 1.70 bits per heavy atom. The molecule has 1 heterocycles. The Hall–Kier alpha value is -3.07. The van der Waals surface area contributed by atoms with Crippen LogP contribution >= 0.6 is 23.1 Å². The van der Waals surface area contributed by atoms with Gasteiger partial charge in [-0.1, -0.05) is 36.4 Å². The topological polar surface area (TPSA) is 75.3 Å². The lowest BCUT2D eigenvalue weighted by Crippen LogP contribution is -2.14. The number of thioether (sulfide) groups is 1. The molecule has 168 valence electrons. The molecule has 0 aliphatic carbocycles. The number of carbonyl (C=O) groups is 1. The standard InChI is InChI=1S/C25H22N2O3S3/c1-18-16-19(17-32-22-6-3-2-4-7-22)9-14-23(18)26-25(28)20-10-12-21(13-11-20)27-33(29,30)24-8-5-15-31-24/h2-16,27H,17H2,1H3,(H,26,28). The van der Waals surface area contributed by atoms with Gasteiger partial charge in [0, 0.05) is 27.6 Å². The molecule has 33 heavy (non-hydrogen) atoms. The number of thiophene rings is 1. The van der Waals surface area contributed by atoms with Crippen LogP contribution in [-0.2, 0) is 15.8 Å². The second-order valence-electron chi connectivity index (χ2n) is 7.32. The summed E-state index contributed by atoms with van der Waals surface area (Å²) in [6.07, 6.45) is 0. The van der Waals surface area contributed by atoms with Gasteiger partial charge in [0.15, 0.2) is 0 Å². The van der Waals surface area contributed by atoms with Gasteiger partial charge in [0.2, 0.25) is 0 Å². The Kier molecular flexibility index (Phi) is 7.17. The highest BCUT2D eigenvalue weighted by molar-refractivity contribution is 7.98. The number of hydrogen-bond donors (Lipinski definition) is 2. The molecule has 0 aliphatic rings. The van der Waals surface area contributed by atoms with E-state index in [9.17, 15) is 13.2 Å². The number of carbonyl (C=O) groups excluding carboxylic acids is 1. The Balaban J connectivity index is 1.37. The molecule has 0 bridgehead atoms. The van der Waals surface area contributed by atoms with E-state index in [1.54, 1.807) is 53.5 Å². The minimum Gasteiger partial charge on any atom is -0.322 e. The van der Waals surface area contributed by atoms with Gasteiger partial charge in [0.1, 0.15) is 4.21 Å². The van der Waals surface area contributed by atoms with Crippen molar-refractivity contribution in [2.45, 2.75) is 21.8 Å². The van der Waals surface area contributed by atoms with Crippen LogP contribution in [0.1, 0.15) is 21.5 Å². The fraction of sp³-hybridized carbons (Fsp3) is 0.0800. The molecule has 8 heteroatoms. The highest BCUT2D eigenvalue weighted by Crippen LogP contribution is 2.25. The average Bonchev–Trinajstić information content (AvgIpc) is 3.36. The number of rotatable bonds is 8. The summed E-state index contributed by atoms with van der Waals surface area (Å²) >= 11 is 2.91. The lowest BCUT2D eigenvalue weighted by atomic mass is 10.1. The monoisotopic (exact) mass is 494 g/mol. The first kappa shape index (κ1) is 23.1. The molecule has 1 amide bonds. The van der Waals surface area contributed by atoms with E-state index in [0.717, 1.165) is 28.3 Å². The maximum Gasteiger partial charge on any atom is 0.271 e. The van der Waals surface area contributed by atoms with Crippen LogP contribution in [0, 0.1) is 6.92 Å². The first-order valence-electron chi connectivity index (χ1n) is 10.2. The van der Waals surface area contributed by atoms with Gasteiger partial charge in [-0.2, -0.15) is 0 Å². The molecule has 1 aromatic heterocycles. The fourth-order valence-corrected chi connectivity index (χ4v) is 6.06. The van der Waals surface area contributed by atoms with Crippen molar-refractivity contribution in [3.05, 3.63) is 107 Å². The van der Waals surface area contributed by atoms with E-state index in [2.05, 4.69) is 28.2 Å². The van der Waals surface area contributed by atoms with Gasteiger partial charge in [0.25, 0.3) is 15.9 Å². The van der Waals surface area contributed by atoms with Gasteiger partial charge in [-0.05, 0) is 72.0 Å². The number of anilines is 2. The SMILES string of the molecule is Cc1cc(CSc2ccccc2)ccc1NC(=O)c1ccc(NS(=O)(=O)c2cccs2)cc1. The average molecular weight is 495 g/mol. The molecule has 3 aromatic carbocycles. The molecule has 5 nitrogen and oxygen atoms in total. The highest BCUT2D eigenvalue weighted by atomic mass is 32.2. The summed E-state index contributed by atoms with van der Waals surface area (Å²) in [5.74, 6) is 0.597. The van der Waals surface area contributed by atoms with E-state index in [1.807, 2.05) is 37.3 Å². The number of aryl methyl sites for hydroxylation is 1. The number of hydrogen-bond acceptors (Lipinski definition) is 5. The molecule has 4 rings (SSSR count). The zero-order valence-electron chi connectivity index (χ0n) is 17.8. The van der Waals surface area contributed by atoms with Gasteiger partial charge < -0.3 is 5.32 Å². The van der Waals surface area contributed by atoms with Crippen LogP contribution < -0.4 is 10.0 Å². The maximum absolute atomic E-state index is 12.7. The van der Waals surface area contributed by atoms with Crippen molar-refractivity contribution in [3.63, 3.8) is 0 Å². The van der Waals surface area contributed by atoms with Crippen molar-refractivity contribution in [2.75, 3.05) is 10.0 Å². The zero-order chi connectivity index (χ0) is 23.3. The van der Waals surface area contributed by atoms with E-state index in [1.165, 1.54) is 10.5 Å². The van der Waals surface area contributed by atoms with Crippen molar-refractivity contribution in [2.24, 2.45) is 0 Å². The third kappa shape index (κ3) is 6.04. The predicted molar refractivity (Wildman–Crippen MR) is 137 cm³/mol. The molecule has 0 fully saturated rings. The minimum atomic E-state index is -3.62. The van der Waals surface area contributed by atoms with E-state index in [0.29, 0.717) is 11.3 Å². The summed E-state index contributed by atoms with van der Waals surface area (Å²) < 4.78 is 27.4. The largest absolute Gasteiger partial charge is 0.322 e. The zero-order valence-corrected chi connectivity index (χ0v) is 20.3. The molecular formula is C25H22N2O3S3. The predicted octanol–water partition coefficient (Wildman–Crippen LogP) is 6.40. The quantitative estimate of drug-likeness (QED) is 0.278. The molecule has 0 saturated heterocycles. The van der Waals surface area contributed by atoms with E-state index in [-0.39, 0.29) is 10.1 Å². The molecule has 0 unspecified atom stereocenters. The summed E-state index contributed by atoms with van der Waals surface area (Å²) in [5, 5.41) is 4.64. The lowest BCUT2D eigenvalue weighted by Gasteiger charge is -2.11. The highest BCUT2D eigenvalue weighted by Gasteiger charge is 2.15. The Morgan fingerprint density at radius 1 is 0.939 bits per heavy atom. The van der Waals surface area contributed by atoms with Crippen LogP contribution in [0.2, 0.25) is 0 Å². The molecule has 0 spiro atoms. The van der Waals surface area contributed by atoms with Crippen molar-refractivity contribution in [1.29, 1.82) is 0 Å². The van der Waals surface area contributed by atoms with Gasteiger partial charge in [-0.15, -0.1) is 23.1 Å². The van der Waals surface area contributed by atoms with Gasteiger partial charge in [-0.3, -0.25) is 9.52 Å². The third-order valence-electron chi connectivity index (χ3n) is 4.85. The summed E-state index contributed by atoms with van der Waals surface area (Å²) in [6, 6.07) is 25.8. The molecule has 0 aliphatic heterocycles. The molecule has 0 radical (unpaired) electrons. The second-order valence-corrected chi connectivity index (χ2v) is 11.2. The van der Waals surface area contributed by atoms with Crippen molar-refractivity contribution < 1.29 is 13.2 Å². The van der Waals surface area contributed by atoms with Gasteiger partial charge >= 0.3 is 0 Å². The molecule has 0 atom stereocenters. The van der Waals surface area contributed by atoms with Crippen molar-refractivity contribution in [1.82, 2.24) is 0 Å². The van der Waals surface area contributed by atoms with Crippen LogP contribution in [0.25, 0.3) is 0 Å². The smallest absolute Gasteiger partial charge is 0.271 e. The fourth-order valence-electron chi connectivity index (χ4n) is 3.15. The van der Waals surface area contributed by atoms with Crippen LogP contribution in [0.3, 0.4) is 0 Å². The number of sulfonamides is 1. The van der Waals surface area contributed by atoms with E-state index < -0.39 is 10.0 Å². The van der Waals surface area contributed by atoms with Crippen LogP contribution in [-0.4, -0.2) is 14.3 Å². The normalized spacial score (nSPS) is 11.2. The summed E-state index contributed by atoms with van der Waals surface area (Å²) in [7, 11) is -3.62. The number of nitrogens with one attached hydrogen (secondary N) is 2. The summed E-state index contributed by atoms with van der Waals surface area (Å²) in [6.45, 7) is 1.97. The number of benzene rings is 3. The molecule has 0 saturated carbocycles. The maximum atomic E-state index is 12.7. The summed E-state index contributed by atoms with van der Waals surface area (Å²) in [5.41, 5.74) is 3.75. The van der Waals surface area contributed by atoms with Crippen molar-refractivity contribution >= 4 is 50.4 Å².